The lowest BCUT2D eigenvalue weighted by Crippen LogP contribution is -2.30. The molecule has 0 spiro atoms. The van der Waals surface area contributed by atoms with Gasteiger partial charge in [0.15, 0.2) is 6.10 Å². The number of carbonyl (C=O) groups excluding carboxylic acids is 3. The summed E-state index contributed by atoms with van der Waals surface area (Å²) in [5, 5.41) is 0. The molecule has 414 valence electrons. The Balaban J connectivity index is 4.34. The van der Waals surface area contributed by atoms with Crippen LogP contribution in [0.2, 0.25) is 0 Å². The predicted octanol–water partition coefficient (Wildman–Crippen LogP) is 21.0. The van der Waals surface area contributed by atoms with Crippen LogP contribution in [0.4, 0.5) is 0 Å². The Morgan fingerprint density at radius 3 is 0.873 bits per heavy atom. The fourth-order valence-corrected chi connectivity index (χ4v) is 9.16. The maximum Gasteiger partial charge on any atom is 0.306 e. The molecule has 0 aromatic carbocycles. The average molecular weight is 996 g/mol. The minimum absolute atomic E-state index is 0.0764. The van der Waals surface area contributed by atoms with E-state index in [9.17, 15) is 14.4 Å². The first-order valence-corrected chi connectivity index (χ1v) is 31.1. The maximum atomic E-state index is 12.9. The van der Waals surface area contributed by atoms with E-state index in [-0.39, 0.29) is 31.1 Å². The van der Waals surface area contributed by atoms with Gasteiger partial charge in [-0.1, -0.05) is 281 Å². The molecule has 0 aliphatic heterocycles. The van der Waals surface area contributed by atoms with Gasteiger partial charge in [0.1, 0.15) is 13.2 Å². The van der Waals surface area contributed by atoms with Gasteiger partial charge in [-0.25, -0.2) is 0 Å². The van der Waals surface area contributed by atoms with E-state index in [0.29, 0.717) is 19.3 Å². The maximum absolute atomic E-state index is 12.9. The van der Waals surface area contributed by atoms with Crippen LogP contribution < -0.4 is 0 Å². The Labute approximate surface area is 441 Å². The van der Waals surface area contributed by atoms with Gasteiger partial charge in [-0.15, -0.1) is 0 Å². The van der Waals surface area contributed by atoms with Gasteiger partial charge in [0.05, 0.1) is 0 Å². The molecular formula is C65H118O6. The highest BCUT2D eigenvalue weighted by molar-refractivity contribution is 5.71. The molecule has 0 heterocycles. The molecule has 6 nitrogen and oxygen atoms in total. The van der Waals surface area contributed by atoms with Crippen molar-refractivity contribution in [3.63, 3.8) is 0 Å². The average Bonchev–Trinajstić information content (AvgIpc) is 3.37. The predicted molar refractivity (Wildman–Crippen MR) is 307 cm³/mol. The molecule has 0 amide bonds. The highest BCUT2D eigenvalue weighted by Gasteiger charge is 2.19. The van der Waals surface area contributed by atoms with Crippen molar-refractivity contribution in [3.05, 3.63) is 48.6 Å². The fraction of sp³-hybridized carbons (Fsp3) is 0.831. The van der Waals surface area contributed by atoms with Crippen LogP contribution in [0, 0.1) is 0 Å². The molecule has 0 aromatic rings. The second-order valence-corrected chi connectivity index (χ2v) is 20.9. The number of hydrogen-bond acceptors (Lipinski definition) is 6. The van der Waals surface area contributed by atoms with Gasteiger partial charge in [-0.05, 0) is 77.0 Å². The van der Waals surface area contributed by atoms with Gasteiger partial charge >= 0.3 is 17.9 Å². The SMILES string of the molecule is CC/C=C/C/C=C/C/C=C/CCCCCCCC(=O)OC[C@H](COC(=O)CCCCCCCCCCC/C=C/CCCCCCCC)OC(=O)CCCCCCCCCCCCCCCCCCCCC. The molecule has 6 heteroatoms. The number of unbranched alkanes of at least 4 members (excludes halogenated alkanes) is 38. The molecule has 0 aliphatic rings. The number of hydrogen-bond donors (Lipinski definition) is 0. The zero-order valence-corrected chi connectivity index (χ0v) is 47.5. The summed E-state index contributed by atoms with van der Waals surface area (Å²) in [5.41, 5.74) is 0. The van der Waals surface area contributed by atoms with Crippen molar-refractivity contribution >= 4 is 17.9 Å². The number of allylic oxidation sites excluding steroid dienone is 8. The molecule has 0 rings (SSSR count). The molecule has 0 fully saturated rings. The Kier molecular flexibility index (Phi) is 57.7. The summed E-state index contributed by atoms with van der Waals surface area (Å²) < 4.78 is 16.9. The van der Waals surface area contributed by atoms with Crippen molar-refractivity contribution < 1.29 is 28.6 Å². The molecule has 0 aliphatic carbocycles. The Bertz CT molecular complexity index is 1230. The van der Waals surface area contributed by atoms with E-state index >= 15 is 0 Å². The quantitative estimate of drug-likeness (QED) is 0.0261. The van der Waals surface area contributed by atoms with Crippen LogP contribution >= 0.6 is 0 Å². The lowest BCUT2D eigenvalue weighted by atomic mass is 10.0. The van der Waals surface area contributed by atoms with E-state index in [1.165, 1.54) is 193 Å². The topological polar surface area (TPSA) is 78.9 Å². The Morgan fingerprint density at radius 1 is 0.296 bits per heavy atom. The van der Waals surface area contributed by atoms with Crippen molar-refractivity contribution in [3.8, 4) is 0 Å². The van der Waals surface area contributed by atoms with E-state index in [2.05, 4.69) is 69.4 Å². The van der Waals surface area contributed by atoms with Crippen LogP contribution in [0.5, 0.6) is 0 Å². The summed E-state index contributed by atoms with van der Waals surface area (Å²) in [6.45, 7) is 6.56. The lowest BCUT2D eigenvalue weighted by Gasteiger charge is -2.18. The van der Waals surface area contributed by atoms with Gasteiger partial charge in [0.2, 0.25) is 0 Å². The summed E-state index contributed by atoms with van der Waals surface area (Å²) in [7, 11) is 0. The standard InChI is InChI=1S/C65H118O6/c1-4-7-10-13-16-19-22-25-28-30-32-34-37-40-43-46-49-52-55-58-64(67)70-61-62(60-69-63(66)57-54-51-48-45-42-39-36-27-24-21-18-15-12-9-6-3)71-65(68)59-56-53-50-47-44-41-38-35-33-31-29-26-23-20-17-14-11-8-5-2/h9,12,18,21,25,27-28,36,62H,4-8,10-11,13-17,19-20,22-24,26,29-35,37-61H2,1-3H3/b12-9+,21-18+,28-25+,36-27+/t62-/m1/s1. The molecular weight excluding hydrogens is 877 g/mol. The molecule has 0 saturated heterocycles. The smallest absolute Gasteiger partial charge is 0.306 e. The zero-order chi connectivity index (χ0) is 51.4. The van der Waals surface area contributed by atoms with Crippen molar-refractivity contribution in [2.75, 3.05) is 13.2 Å². The van der Waals surface area contributed by atoms with Crippen molar-refractivity contribution in [2.24, 2.45) is 0 Å². The fourth-order valence-electron chi connectivity index (χ4n) is 9.16. The van der Waals surface area contributed by atoms with Gasteiger partial charge < -0.3 is 14.2 Å². The zero-order valence-electron chi connectivity index (χ0n) is 47.5. The van der Waals surface area contributed by atoms with E-state index < -0.39 is 6.10 Å². The third-order valence-electron chi connectivity index (χ3n) is 13.8. The summed E-state index contributed by atoms with van der Waals surface area (Å²) in [6.07, 6.45) is 74.0. The van der Waals surface area contributed by atoms with E-state index in [1.807, 2.05) is 0 Å². The molecule has 0 radical (unpaired) electrons. The van der Waals surface area contributed by atoms with E-state index in [1.54, 1.807) is 0 Å². The molecule has 1 atom stereocenters. The first-order chi connectivity index (χ1) is 35.0. The highest BCUT2D eigenvalue weighted by atomic mass is 16.6. The van der Waals surface area contributed by atoms with Crippen LogP contribution in [-0.4, -0.2) is 37.2 Å². The summed E-state index contributed by atoms with van der Waals surface area (Å²) in [6, 6.07) is 0. The van der Waals surface area contributed by atoms with Gasteiger partial charge in [0.25, 0.3) is 0 Å². The first kappa shape index (κ1) is 68.4. The third kappa shape index (κ3) is 58.1. The highest BCUT2D eigenvalue weighted by Crippen LogP contribution is 2.17. The third-order valence-corrected chi connectivity index (χ3v) is 13.8. The number of esters is 3. The van der Waals surface area contributed by atoms with E-state index in [0.717, 1.165) is 96.3 Å². The summed E-state index contributed by atoms with van der Waals surface area (Å²) in [5.74, 6) is -0.876. The Hall–Kier alpha value is -2.63. The lowest BCUT2D eigenvalue weighted by molar-refractivity contribution is -0.167. The molecule has 71 heavy (non-hydrogen) atoms. The first-order valence-electron chi connectivity index (χ1n) is 31.1. The van der Waals surface area contributed by atoms with Crippen LogP contribution in [0.1, 0.15) is 329 Å². The molecule has 0 saturated carbocycles. The van der Waals surface area contributed by atoms with Crippen molar-refractivity contribution in [2.45, 2.75) is 335 Å². The van der Waals surface area contributed by atoms with Crippen LogP contribution in [0.15, 0.2) is 48.6 Å². The second-order valence-electron chi connectivity index (χ2n) is 20.9. The van der Waals surface area contributed by atoms with Crippen molar-refractivity contribution in [1.29, 1.82) is 0 Å². The van der Waals surface area contributed by atoms with Crippen LogP contribution in [0.25, 0.3) is 0 Å². The molecule has 0 unspecified atom stereocenters. The second kappa shape index (κ2) is 59.9. The molecule has 0 bridgehead atoms. The molecule has 0 N–H and O–H groups in total. The van der Waals surface area contributed by atoms with E-state index in [4.69, 9.17) is 14.2 Å². The molecule has 0 aromatic heterocycles. The minimum atomic E-state index is -0.779. The van der Waals surface area contributed by atoms with Crippen molar-refractivity contribution in [1.82, 2.24) is 0 Å². The van der Waals surface area contributed by atoms with Gasteiger partial charge in [-0.3, -0.25) is 14.4 Å². The largest absolute Gasteiger partial charge is 0.462 e. The number of rotatable bonds is 57. The van der Waals surface area contributed by atoms with Gasteiger partial charge in [0, 0.05) is 19.3 Å². The monoisotopic (exact) mass is 995 g/mol. The minimum Gasteiger partial charge on any atom is -0.462 e. The van der Waals surface area contributed by atoms with Crippen LogP contribution in [0.3, 0.4) is 0 Å². The summed E-state index contributed by atoms with van der Waals surface area (Å²) >= 11 is 0. The summed E-state index contributed by atoms with van der Waals surface area (Å²) in [4.78, 5) is 38.3. The van der Waals surface area contributed by atoms with Crippen LogP contribution in [-0.2, 0) is 28.6 Å². The normalized spacial score (nSPS) is 12.3. The Morgan fingerprint density at radius 2 is 0.549 bits per heavy atom. The van der Waals surface area contributed by atoms with Gasteiger partial charge in [-0.2, -0.15) is 0 Å². The number of ether oxygens (including phenoxy) is 3. The number of carbonyl (C=O) groups is 3.